The zero-order valence-corrected chi connectivity index (χ0v) is 19.3. The first-order valence-corrected chi connectivity index (χ1v) is 12.0. The molecule has 9 heteroatoms. The normalized spacial score (nSPS) is 23.5. The molecule has 5 rings (SSSR count). The van der Waals surface area contributed by atoms with E-state index in [1.54, 1.807) is 11.1 Å². The number of nitrogens with one attached hydrogen (secondary N) is 1. The first kappa shape index (κ1) is 21.8. The van der Waals surface area contributed by atoms with Gasteiger partial charge in [-0.1, -0.05) is 19.8 Å². The molecule has 1 amide bonds. The molecule has 0 spiro atoms. The number of pyridine rings is 1. The highest BCUT2D eigenvalue weighted by molar-refractivity contribution is 6.10. The van der Waals surface area contributed by atoms with Crippen molar-refractivity contribution in [1.29, 1.82) is 0 Å². The number of hydrogen-bond donors (Lipinski definition) is 2. The lowest BCUT2D eigenvalue weighted by Gasteiger charge is -2.39. The molecular weight excluding hydrogens is 418 g/mol. The third-order valence-electron chi connectivity index (χ3n) is 7.21. The predicted molar refractivity (Wildman–Crippen MR) is 126 cm³/mol. The highest BCUT2D eigenvalue weighted by Crippen LogP contribution is 2.42. The van der Waals surface area contributed by atoms with Crippen molar-refractivity contribution in [1.82, 2.24) is 15.0 Å². The topological polar surface area (TPSA) is 108 Å². The molecule has 33 heavy (non-hydrogen) atoms. The van der Waals surface area contributed by atoms with Crippen LogP contribution in [0.1, 0.15) is 51.0 Å². The van der Waals surface area contributed by atoms with Gasteiger partial charge in [0.15, 0.2) is 0 Å². The van der Waals surface area contributed by atoms with Gasteiger partial charge < -0.3 is 15.5 Å². The van der Waals surface area contributed by atoms with Gasteiger partial charge in [0, 0.05) is 23.7 Å². The fourth-order valence-electron chi connectivity index (χ4n) is 5.42. The molecule has 1 saturated carbocycles. The van der Waals surface area contributed by atoms with Gasteiger partial charge in [-0.15, -0.1) is 0 Å². The van der Waals surface area contributed by atoms with E-state index in [1.165, 1.54) is 6.92 Å². The minimum Gasteiger partial charge on any atom is -0.359 e. The largest absolute Gasteiger partial charge is 0.359 e. The van der Waals surface area contributed by atoms with Gasteiger partial charge in [-0.2, -0.15) is 4.98 Å². The molecule has 2 fully saturated rings. The van der Waals surface area contributed by atoms with Crippen LogP contribution in [0, 0.1) is 5.92 Å². The van der Waals surface area contributed by atoms with E-state index >= 15 is 0 Å². The number of carbonyl (C=O) groups is 2. The molecule has 2 unspecified atom stereocenters. The number of Topliss-reactive ketones (excluding diaryl/α,β-unsaturated/α-hetero) is 1. The summed E-state index contributed by atoms with van der Waals surface area (Å²) in [7, 11) is 0. The number of fused-ring (bicyclic) bond motifs is 1. The van der Waals surface area contributed by atoms with Crippen LogP contribution in [0.4, 0.5) is 23.3 Å². The van der Waals surface area contributed by atoms with Gasteiger partial charge in [0.1, 0.15) is 23.3 Å². The van der Waals surface area contributed by atoms with Gasteiger partial charge in [-0.3, -0.25) is 14.5 Å². The predicted octanol–water partition coefficient (Wildman–Crippen LogP) is 1.60. The van der Waals surface area contributed by atoms with E-state index in [-0.39, 0.29) is 23.7 Å². The maximum absolute atomic E-state index is 13.4. The minimum atomic E-state index is -0.665. The van der Waals surface area contributed by atoms with E-state index in [0.29, 0.717) is 17.6 Å². The van der Waals surface area contributed by atoms with Crippen molar-refractivity contribution < 1.29 is 14.9 Å². The van der Waals surface area contributed by atoms with Crippen molar-refractivity contribution in [3.8, 4) is 0 Å². The molecule has 4 heterocycles. The van der Waals surface area contributed by atoms with Crippen molar-refractivity contribution in [2.45, 2.75) is 51.5 Å². The Bertz CT molecular complexity index is 1030. The van der Waals surface area contributed by atoms with Crippen LogP contribution < -0.4 is 20.4 Å². The Morgan fingerprint density at radius 3 is 2.55 bits per heavy atom. The number of amides is 1. The van der Waals surface area contributed by atoms with E-state index in [2.05, 4.69) is 31.6 Å². The maximum Gasteiger partial charge on any atom is 0.239 e. The lowest BCUT2D eigenvalue weighted by molar-refractivity contribution is -0.655. The second kappa shape index (κ2) is 9.05. The van der Waals surface area contributed by atoms with Crippen LogP contribution in [0.5, 0.6) is 0 Å². The summed E-state index contributed by atoms with van der Waals surface area (Å²) in [4.78, 5) is 43.7. The number of aromatic nitrogens is 3. The first-order chi connectivity index (χ1) is 16.0. The van der Waals surface area contributed by atoms with E-state index < -0.39 is 5.92 Å². The molecule has 0 bridgehead atoms. The molecule has 0 aromatic carbocycles. The Labute approximate surface area is 194 Å². The molecule has 1 saturated heterocycles. The molecule has 1 aliphatic carbocycles. The molecule has 9 nitrogen and oxygen atoms in total. The summed E-state index contributed by atoms with van der Waals surface area (Å²) >= 11 is 0. The van der Waals surface area contributed by atoms with E-state index in [1.807, 2.05) is 19.2 Å². The quantitative estimate of drug-likeness (QED) is 0.666. The summed E-state index contributed by atoms with van der Waals surface area (Å²) in [5, 5.41) is 5.52. The molecule has 2 aromatic rings. The zero-order valence-electron chi connectivity index (χ0n) is 19.3. The third-order valence-corrected chi connectivity index (χ3v) is 7.21. The lowest BCUT2D eigenvalue weighted by Crippen LogP contribution is -2.89. The Balaban J connectivity index is 1.42. The van der Waals surface area contributed by atoms with Crippen LogP contribution >= 0.6 is 0 Å². The highest BCUT2D eigenvalue weighted by atomic mass is 16.2. The first-order valence-electron chi connectivity index (χ1n) is 12.0. The summed E-state index contributed by atoms with van der Waals surface area (Å²) < 4.78 is 0. The Kier molecular flexibility index (Phi) is 5.97. The number of ketones is 1. The fraction of sp³-hybridized carbons (Fsp3) is 0.542. The number of rotatable bonds is 5. The number of nitrogens with two attached hydrogens (primary N) is 1. The second-order valence-corrected chi connectivity index (χ2v) is 9.38. The maximum atomic E-state index is 13.4. The van der Waals surface area contributed by atoms with Crippen LogP contribution in [0.3, 0.4) is 0 Å². The number of piperazine rings is 1. The number of quaternary nitrogens is 1. The van der Waals surface area contributed by atoms with Crippen LogP contribution in [0.2, 0.25) is 0 Å². The number of anilines is 4. The van der Waals surface area contributed by atoms with Crippen molar-refractivity contribution in [3.63, 3.8) is 0 Å². The smallest absolute Gasteiger partial charge is 0.239 e. The molecule has 3 N–H and O–H groups in total. The van der Waals surface area contributed by atoms with Crippen LogP contribution in [0.25, 0.3) is 0 Å². The zero-order chi connectivity index (χ0) is 22.9. The van der Waals surface area contributed by atoms with Crippen molar-refractivity contribution in [3.05, 3.63) is 30.1 Å². The lowest BCUT2D eigenvalue weighted by atomic mass is 9.81. The van der Waals surface area contributed by atoms with Crippen LogP contribution in [-0.2, 0) is 9.59 Å². The van der Waals surface area contributed by atoms with Crippen molar-refractivity contribution >= 4 is 35.0 Å². The average molecular weight is 451 g/mol. The summed E-state index contributed by atoms with van der Waals surface area (Å²) in [5.41, 5.74) is 1.97. The fourth-order valence-corrected chi connectivity index (χ4v) is 5.42. The Morgan fingerprint density at radius 1 is 1.12 bits per heavy atom. The van der Waals surface area contributed by atoms with Gasteiger partial charge in [0.25, 0.3) is 0 Å². The van der Waals surface area contributed by atoms with Crippen molar-refractivity contribution in [2.24, 2.45) is 5.92 Å². The molecule has 0 radical (unpaired) electrons. The minimum absolute atomic E-state index is 0.0903. The van der Waals surface area contributed by atoms with Crippen LogP contribution in [0.15, 0.2) is 24.5 Å². The highest BCUT2D eigenvalue weighted by Gasteiger charge is 2.45. The number of hydrogen-bond acceptors (Lipinski definition) is 7. The number of carbonyl (C=O) groups excluding carboxylic acids is 2. The van der Waals surface area contributed by atoms with Gasteiger partial charge in [0.2, 0.25) is 11.9 Å². The van der Waals surface area contributed by atoms with Gasteiger partial charge in [0.05, 0.1) is 38.1 Å². The Morgan fingerprint density at radius 2 is 1.88 bits per heavy atom. The molecule has 174 valence electrons. The molecule has 2 aliphatic heterocycles. The van der Waals surface area contributed by atoms with E-state index in [4.69, 9.17) is 4.98 Å². The molecular formula is C24H32N7O2+. The van der Waals surface area contributed by atoms with Gasteiger partial charge in [-0.25, -0.2) is 9.97 Å². The Hall–Kier alpha value is -3.07. The second-order valence-electron chi connectivity index (χ2n) is 9.38. The van der Waals surface area contributed by atoms with E-state index in [9.17, 15) is 9.59 Å². The monoisotopic (exact) mass is 450 g/mol. The molecule has 3 aliphatic rings. The van der Waals surface area contributed by atoms with Crippen molar-refractivity contribution in [2.75, 3.05) is 41.3 Å². The standard InChI is InChI=1S/C24H31N7O2/c1-15-19-14-27-24(28-20-8-7-18(13-26-20)30-11-9-25-10-12-30)29-22(19)31(17-5-3-4-6-17)23(33)21(15)16(2)32/h7-8,13-15,17,21,25H,3-6,9-12H2,1-2H3,(H,26,27,28,29)/p+1. The average Bonchev–Trinajstić information content (AvgIpc) is 3.34. The molecule has 2 atom stereocenters. The van der Waals surface area contributed by atoms with Gasteiger partial charge >= 0.3 is 0 Å². The summed E-state index contributed by atoms with van der Waals surface area (Å²) in [6.07, 6.45) is 7.69. The summed E-state index contributed by atoms with van der Waals surface area (Å²) in [6.45, 7) is 7.67. The van der Waals surface area contributed by atoms with Crippen LogP contribution in [-0.4, -0.2) is 58.9 Å². The summed E-state index contributed by atoms with van der Waals surface area (Å²) in [5.74, 6) is 0.575. The summed E-state index contributed by atoms with van der Waals surface area (Å²) in [6, 6.07) is 4.09. The molecule has 2 aromatic heterocycles. The van der Waals surface area contributed by atoms with E-state index in [0.717, 1.165) is 63.1 Å². The van der Waals surface area contributed by atoms with Gasteiger partial charge in [-0.05, 0) is 31.9 Å². The SMILES string of the molecule is CC(=O)C1C(=O)N(C2CCCC2)c2nc(Nc3ccc(N4CC[NH2+]CC4)cn3)ncc2C1C. The third kappa shape index (κ3) is 4.17. The number of nitrogens with zero attached hydrogens (tertiary/aromatic N) is 5.